The molecule has 0 spiro atoms. The van der Waals surface area contributed by atoms with Gasteiger partial charge in [0.2, 0.25) is 5.91 Å². The molecule has 4 aliphatic heterocycles. The molecule has 3 fully saturated rings. The average molecular weight is 510 g/mol. The summed E-state index contributed by atoms with van der Waals surface area (Å²) in [5.74, 6) is 1.91. The largest absolute Gasteiger partial charge is 0.496 e. The number of fused-ring (bicyclic) bond motifs is 4. The van der Waals surface area contributed by atoms with Gasteiger partial charge in [0, 0.05) is 43.2 Å². The lowest BCUT2D eigenvalue weighted by atomic mass is 9.70. The van der Waals surface area contributed by atoms with E-state index >= 15 is 0 Å². The Labute approximate surface area is 226 Å². The third-order valence-electron chi connectivity index (χ3n) is 9.33. The molecule has 0 aromatic heterocycles. The molecule has 2 atom stereocenters. The number of anilines is 1. The molecule has 38 heavy (non-hydrogen) atoms. The number of likely N-dealkylation sites (N-methyl/N-ethyl adjacent to an activating group) is 1. The van der Waals surface area contributed by atoms with Crippen molar-refractivity contribution in [3.05, 3.63) is 95.1 Å². The van der Waals surface area contributed by atoms with Crippen molar-refractivity contribution in [2.24, 2.45) is 5.92 Å². The summed E-state index contributed by atoms with van der Waals surface area (Å²) in [5, 5.41) is 4.03. The Balaban J connectivity index is 1.35. The quantitative estimate of drug-likeness (QED) is 0.467. The van der Waals surface area contributed by atoms with E-state index in [2.05, 4.69) is 76.9 Å². The molecule has 3 saturated heterocycles. The smallest absolute Gasteiger partial charge is 0.236 e. The SMILES string of the molecule is COc1cc2c(cc1CN[C@H]1C3CCN(CC3)[C@H]1C(c1ccccc1)c1ccccc1)C(C)(C)C(=O)N2C. The van der Waals surface area contributed by atoms with E-state index in [1.165, 1.54) is 24.0 Å². The van der Waals surface area contributed by atoms with Gasteiger partial charge in [0.15, 0.2) is 0 Å². The maximum atomic E-state index is 12.9. The van der Waals surface area contributed by atoms with E-state index in [0.717, 1.165) is 35.7 Å². The van der Waals surface area contributed by atoms with Crippen molar-refractivity contribution in [1.29, 1.82) is 0 Å². The Bertz CT molecular complexity index is 1260. The number of methoxy groups -OCH3 is 1. The van der Waals surface area contributed by atoms with Gasteiger partial charge < -0.3 is 15.0 Å². The van der Waals surface area contributed by atoms with Crippen molar-refractivity contribution in [1.82, 2.24) is 10.2 Å². The summed E-state index contributed by atoms with van der Waals surface area (Å²) in [7, 11) is 3.59. The Morgan fingerprint density at radius 3 is 2.16 bits per heavy atom. The number of ether oxygens (including phenoxy) is 1. The molecule has 3 aromatic carbocycles. The van der Waals surface area contributed by atoms with Crippen LogP contribution in [0, 0.1) is 5.92 Å². The maximum Gasteiger partial charge on any atom is 0.236 e. The first-order valence-corrected chi connectivity index (χ1v) is 14.0. The van der Waals surface area contributed by atoms with E-state index in [-0.39, 0.29) is 5.91 Å². The highest BCUT2D eigenvalue weighted by Crippen LogP contribution is 2.45. The molecule has 3 aromatic rings. The van der Waals surface area contributed by atoms with E-state index in [9.17, 15) is 4.79 Å². The molecular formula is C33H39N3O2. The number of amides is 1. The van der Waals surface area contributed by atoms with Crippen LogP contribution in [0.25, 0.3) is 0 Å². The molecule has 7 rings (SSSR count). The number of hydrogen-bond acceptors (Lipinski definition) is 4. The van der Waals surface area contributed by atoms with E-state index in [1.54, 1.807) is 12.0 Å². The minimum atomic E-state index is -0.533. The molecule has 0 saturated carbocycles. The van der Waals surface area contributed by atoms with Crippen molar-refractivity contribution in [3.8, 4) is 5.75 Å². The second-order valence-corrected chi connectivity index (χ2v) is 11.7. The molecule has 0 aliphatic carbocycles. The van der Waals surface area contributed by atoms with Crippen molar-refractivity contribution in [2.75, 3.05) is 32.1 Å². The van der Waals surface area contributed by atoms with Gasteiger partial charge in [-0.15, -0.1) is 0 Å². The lowest BCUT2D eigenvalue weighted by Crippen LogP contribution is -2.64. The zero-order chi connectivity index (χ0) is 26.4. The number of rotatable bonds is 7. The first kappa shape index (κ1) is 25.1. The van der Waals surface area contributed by atoms with Gasteiger partial charge in [0.05, 0.1) is 18.2 Å². The number of carbonyl (C=O) groups excluding carboxylic acids is 1. The number of carbonyl (C=O) groups is 1. The third kappa shape index (κ3) is 4.13. The van der Waals surface area contributed by atoms with Gasteiger partial charge in [-0.1, -0.05) is 60.7 Å². The fourth-order valence-corrected chi connectivity index (χ4v) is 7.29. The molecule has 4 heterocycles. The van der Waals surface area contributed by atoms with Crippen LogP contribution in [0.3, 0.4) is 0 Å². The molecule has 1 amide bonds. The molecular weight excluding hydrogens is 470 g/mol. The summed E-state index contributed by atoms with van der Waals surface area (Å²) in [6, 6.07) is 27.0. The van der Waals surface area contributed by atoms with Crippen molar-refractivity contribution in [2.45, 2.75) is 56.7 Å². The Morgan fingerprint density at radius 2 is 1.58 bits per heavy atom. The van der Waals surface area contributed by atoms with Crippen LogP contribution in [0.2, 0.25) is 0 Å². The van der Waals surface area contributed by atoms with Crippen LogP contribution < -0.4 is 15.0 Å². The molecule has 198 valence electrons. The summed E-state index contributed by atoms with van der Waals surface area (Å²) in [6.45, 7) is 7.08. The average Bonchev–Trinajstić information content (AvgIpc) is 3.12. The van der Waals surface area contributed by atoms with Crippen LogP contribution in [0.5, 0.6) is 5.75 Å². The monoisotopic (exact) mass is 509 g/mol. The predicted octanol–water partition coefficient (Wildman–Crippen LogP) is 5.33. The Hall–Kier alpha value is -3.15. The molecule has 4 aliphatic rings. The predicted molar refractivity (Wildman–Crippen MR) is 153 cm³/mol. The van der Waals surface area contributed by atoms with Crippen molar-refractivity contribution < 1.29 is 9.53 Å². The van der Waals surface area contributed by atoms with Crippen LogP contribution >= 0.6 is 0 Å². The second-order valence-electron chi connectivity index (χ2n) is 11.7. The maximum absolute atomic E-state index is 12.9. The molecule has 0 unspecified atom stereocenters. The topological polar surface area (TPSA) is 44.8 Å². The number of hydrogen-bond donors (Lipinski definition) is 1. The fourth-order valence-electron chi connectivity index (χ4n) is 7.29. The summed E-state index contributed by atoms with van der Waals surface area (Å²) < 4.78 is 5.85. The summed E-state index contributed by atoms with van der Waals surface area (Å²) in [5.41, 5.74) is 5.38. The zero-order valence-corrected chi connectivity index (χ0v) is 23.0. The number of nitrogens with zero attached hydrogens (tertiary/aromatic N) is 2. The molecule has 2 bridgehead atoms. The third-order valence-corrected chi connectivity index (χ3v) is 9.33. The van der Waals surface area contributed by atoms with E-state index < -0.39 is 5.41 Å². The molecule has 5 heteroatoms. The highest BCUT2D eigenvalue weighted by Gasteiger charge is 2.47. The first-order valence-electron chi connectivity index (χ1n) is 14.0. The highest BCUT2D eigenvalue weighted by molar-refractivity contribution is 6.07. The number of benzene rings is 3. The lowest BCUT2D eigenvalue weighted by molar-refractivity contribution is -0.121. The number of piperidine rings is 3. The van der Waals surface area contributed by atoms with Gasteiger partial charge in [-0.25, -0.2) is 0 Å². The second kappa shape index (κ2) is 9.87. The van der Waals surface area contributed by atoms with Gasteiger partial charge in [0.25, 0.3) is 0 Å². The molecule has 1 N–H and O–H groups in total. The number of nitrogens with one attached hydrogen (secondary N) is 1. The van der Waals surface area contributed by atoms with Crippen LogP contribution in [0.4, 0.5) is 5.69 Å². The first-order chi connectivity index (χ1) is 18.4. The fraction of sp³-hybridized carbons (Fsp3) is 0.424. The molecule has 0 radical (unpaired) electrons. The van der Waals surface area contributed by atoms with E-state index in [0.29, 0.717) is 30.5 Å². The van der Waals surface area contributed by atoms with Gasteiger partial charge in [-0.3, -0.25) is 9.69 Å². The van der Waals surface area contributed by atoms with Gasteiger partial charge in [0.1, 0.15) is 5.75 Å². The van der Waals surface area contributed by atoms with Gasteiger partial charge in [-0.2, -0.15) is 0 Å². The minimum Gasteiger partial charge on any atom is -0.496 e. The van der Waals surface area contributed by atoms with E-state index in [1.807, 2.05) is 27.0 Å². The minimum absolute atomic E-state index is 0.130. The zero-order valence-electron chi connectivity index (χ0n) is 23.0. The Morgan fingerprint density at radius 1 is 0.974 bits per heavy atom. The van der Waals surface area contributed by atoms with Gasteiger partial charge >= 0.3 is 0 Å². The standard InChI is InChI=1S/C33H39N3O2/c1-33(2)26-19-25(28(38-4)20-27(26)35(3)32(33)37)21-34-30-24-15-17-36(18-16-24)31(30)29(22-11-7-5-8-12-22)23-13-9-6-10-14-23/h5-14,19-20,24,29-31,34H,15-18,21H2,1-4H3/t30-,31-/m0/s1. The highest BCUT2D eigenvalue weighted by atomic mass is 16.5. The summed E-state index contributed by atoms with van der Waals surface area (Å²) in [4.78, 5) is 17.4. The van der Waals surface area contributed by atoms with Gasteiger partial charge in [-0.05, 0) is 68.5 Å². The normalized spacial score (nSPS) is 25.6. The lowest BCUT2D eigenvalue weighted by Gasteiger charge is -2.54. The molecule has 5 nitrogen and oxygen atoms in total. The van der Waals surface area contributed by atoms with Crippen LogP contribution in [-0.4, -0.2) is 50.1 Å². The van der Waals surface area contributed by atoms with Crippen molar-refractivity contribution >= 4 is 11.6 Å². The summed E-state index contributed by atoms with van der Waals surface area (Å²) in [6.07, 6.45) is 2.47. The van der Waals surface area contributed by atoms with E-state index in [4.69, 9.17) is 4.74 Å². The van der Waals surface area contributed by atoms with Crippen LogP contribution in [-0.2, 0) is 16.8 Å². The summed E-state index contributed by atoms with van der Waals surface area (Å²) >= 11 is 0. The van der Waals surface area contributed by atoms with Crippen molar-refractivity contribution in [3.63, 3.8) is 0 Å². The Kier molecular flexibility index (Phi) is 6.53. The van der Waals surface area contributed by atoms with Crippen LogP contribution in [0.15, 0.2) is 72.8 Å². The van der Waals surface area contributed by atoms with Crippen LogP contribution in [0.1, 0.15) is 54.9 Å².